The first-order valence-corrected chi connectivity index (χ1v) is 9.56. The van der Waals surface area contributed by atoms with Crippen LogP contribution < -0.4 is 5.32 Å². The number of thioether (sulfide) groups is 1. The van der Waals surface area contributed by atoms with Crippen LogP contribution in [0.5, 0.6) is 0 Å². The van der Waals surface area contributed by atoms with Crippen molar-refractivity contribution in [2.24, 2.45) is 0 Å². The van der Waals surface area contributed by atoms with E-state index in [9.17, 15) is 9.90 Å². The lowest BCUT2D eigenvalue weighted by atomic mass is 10.2. The van der Waals surface area contributed by atoms with Gasteiger partial charge >= 0.3 is 0 Å². The minimum absolute atomic E-state index is 0.00137. The Kier molecular flexibility index (Phi) is 5.80. The van der Waals surface area contributed by atoms with Gasteiger partial charge in [0.15, 0.2) is 0 Å². The molecule has 0 spiro atoms. The Morgan fingerprint density at radius 1 is 1.57 bits per heavy atom. The smallest absolute Gasteiger partial charge is 0.263 e. The van der Waals surface area contributed by atoms with Crippen LogP contribution in [0.4, 0.5) is 0 Å². The van der Waals surface area contributed by atoms with Gasteiger partial charge in [-0.3, -0.25) is 4.79 Å². The lowest BCUT2D eigenvalue weighted by Gasteiger charge is -2.20. The minimum atomic E-state index is -0.119. The number of rotatable bonds is 6. The Labute approximate surface area is 136 Å². The normalized spacial score (nSPS) is 13.9. The fourth-order valence-corrected chi connectivity index (χ4v) is 4.22. The first kappa shape index (κ1) is 16.5. The number of thiophene rings is 1. The molecule has 0 fully saturated rings. The Balaban J connectivity index is 2.13. The molecule has 0 aliphatic heterocycles. The van der Waals surface area contributed by atoms with E-state index in [1.807, 2.05) is 36.9 Å². The molecule has 2 N–H and O–H groups in total. The Morgan fingerprint density at radius 2 is 2.33 bits per heavy atom. The maximum atomic E-state index is 12.4. The van der Waals surface area contributed by atoms with Crippen LogP contribution >= 0.6 is 34.4 Å². The second kappa shape index (κ2) is 7.40. The summed E-state index contributed by atoms with van der Waals surface area (Å²) in [6.07, 6.45) is 1.93. The van der Waals surface area contributed by atoms with Gasteiger partial charge in [0.05, 0.1) is 12.3 Å². The van der Waals surface area contributed by atoms with Crippen molar-refractivity contribution in [3.05, 3.63) is 27.4 Å². The molecule has 2 heterocycles. The third-order valence-corrected chi connectivity index (χ3v) is 6.22. The fraction of sp³-hybridized carbons (Fsp3) is 0.429. The number of aryl methyl sites for hydroxylation is 1. The standard InChI is InChI=1S/C14H18N2O2S3/c1-8(11(6-17)19-3)15-13(18)12-9(2)16-14(21-12)10-4-5-20-7-10/h4-5,7-8,11,17H,6H2,1-3H3,(H,15,18). The number of carbonyl (C=O) groups is 1. The third kappa shape index (κ3) is 3.85. The van der Waals surface area contributed by atoms with E-state index in [-0.39, 0.29) is 23.8 Å². The molecular weight excluding hydrogens is 324 g/mol. The number of carbonyl (C=O) groups excluding carboxylic acids is 1. The van der Waals surface area contributed by atoms with Gasteiger partial charge < -0.3 is 10.4 Å². The summed E-state index contributed by atoms with van der Waals surface area (Å²) >= 11 is 4.57. The first-order chi connectivity index (χ1) is 10.1. The van der Waals surface area contributed by atoms with Crippen LogP contribution in [-0.4, -0.2) is 40.2 Å². The van der Waals surface area contributed by atoms with Gasteiger partial charge in [0.25, 0.3) is 5.91 Å². The van der Waals surface area contributed by atoms with Crippen molar-refractivity contribution < 1.29 is 9.90 Å². The molecule has 0 radical (unpaired) electrons. The second-order valence-electron chi connectivity index (χ2n) is 4.66. The molecule has 2 aromatic heterocycles. The van der Waals surface area contributed by atoms with E-state index in [1.165, 1.54) is 11.3 Å². The molecule has 0 saturated carbocycles. The predicted octanol–water partition coefficient (Wildman–Crippen LogP) is 3.02. The van der Waals surface area contributed by atoms with Crippen molar-refractivity contribution in [3.8, 4) is 10.6 Å². The van der Waals surface area contributed by atoms with Gasteiger partial charge in [-0.1, -0.05) is 0 Å². The van der Waals surface area contributed by atoms with Crippen molar-refractivity contribution in [1.29, 1.82) is 0 Å². The zero-order valence-electron chi connectivity index (χ0n) is 12.1. The van der Waals surface area contributed by atoms with Crippen molar-refractivity contribution in [1.82, 2.24) is 10.3 Å². The second-order valence-corrected chi connectivity index (χ2v) is 7.52. The molecule has 2 rings (SSSR count). The maximum absolute atomic E-state index is 12.4. The van der Waals surface area contributed by atoms with E-state index < -0.39 is 0 Å². The molecule has 0 aromatic carbocycles. The Morgan fingerprint density at radius 3 is 2.90 bits per heavy atom. The predicted molar refractivity (Wildman–Crippen MR) is 91.5 cm³/mol. The number of aromatic nitrogens is 1. The van der Waals surface area contributed by atoms with Gasteiger partial charge in [0.2, 0.25) is 0 Å². The third-order valence-electron chi connectivity index (χ3n) is 3.17. The summed E-state index contributed by atoms with van der Waals surface area (Å²) in [6, 6.07) is 1.91. The number of aliphatic hydroxyl groups is 1. The van der Waals surface area contributed by atoms with Crippen LogP contribution in [0.3, 0.4) is 0 Å². The molecule has 0 saturated heterocycles. The molecule has 1 amide bonds. The minimum Gasteiger partial charge on any atom is -0.395 e. The van der Waals surface area contributed by atoms with Crippen LogP contribution in [0.25, 0.3) is 10.6 Å². The average molecular weight is 343 g/mol. The Hall–Kier alpha value is -0.890. The number of thiazole rings is 1. The van der Waals surface area contributed by atoms with Crippen molar-refractivity contribution >= 4 is 40.3 Å². The van der Waals surface area contributed by atoms with Crippen molar-refractivity contribution in [2.75, 3.05) is 12.9 Å². The van der Waals surface area contributed by atoms with E-state index in [0.29, 0.717) is 4.88 Å². The molecule has 7 heteroatoms. The lowest BCUT2D eigenvalue weighted by Crippen LogP contribution is -2.41. The molecule has 0 bridgehead atoms. The van der Waals surface area contributed by atoms with Crippen molar-refractivity contribution in [3.63, 3.8) is 0 Å². The number of nitrogens with zero attached hydrogens (tertiary/aromatic N) is 1. The number of amides is 1. The monoisotopic (exact) mass is 342 g/mol. The van der Waals surface area contributed by atoms with Gasteiger partial charge in [-0.2, -0.15) is 23.1 Å². The maximum Gasteiger partial charge on any atom is 0.263 e. The summed E-state index contributed by atoms with van der Waals surface area (Å²) in [6.45, 7) is 3.81. The van der Waals surface area contributed by atoms with E-state index >= 15 is 0 Å². The zero-order chi connectivity index (χ0) is 15.4. The summed E-state index contributed by atoms with van der Waals surface area (Å²) in [5.41, 5.74) is 1.80. The molecule has 2 aromatic rings. The van der Waals surface area contributed by atoms with Gasteiger partial charge in [-0.05, 0) is 31.5 Å². The first-order valence-electron chi connectivity index (χ1n) is 6.51. The highest BCUT2D eigenvalue weighted by Crippen LogP contribution is 2.29. The summed E-state index contributed by atoms with van der Waals surface area (Å²) in [5.74, 6) is -0.119. The molecule has 0 aliphatic carbocycles. The fourth-order valence-electron chi connectivity index (χ4n) is 1.92. The van der Waals surface area contributed by atoms with Crippen LogP contribution in [-0.2, 0) is 0 Å². The molecule has 4 nitrogen and oxygen atoms in total. The summed E-state index contributed by atoms with van der Waals surface area (Å²) < 4.78 is 0. The van der Waals surface area contributed by atoms with Gasteiger partial charge in [-0.25, -0.2) is 4.98 Å². The quantitative estimate of drug-likeness (QED) is 0.847. The van der Waals surface area contributed by atoms with Crippen LogP contribution in [0.2, 0.25) is 0 Å². The van der Waals surface area contributed by atoms with E-state index in [4.69, 9.17) is 0 Å². The highest BCUT2D eigenvalue weighted by atomic mass is 32.2. The summed E-state index contributed by atoms with van der Waals surface area (Å²) in [5, 5.41) is 17.1. The SMILES string of the molecule is CSC(CO)C(C)NC(=O)c1sc(-c2ccsc2)nc1C. The number of hydrogen-bond donors (Lipinski definition) is 2. The van der Waals surface area contributed by atoms with Crippen LogP contribution in [0.15, 0.2) is 16.8 Å². The van der Waals surface area contributed by atoms with E-state index in [1.54, 1.807) is 23.1 Å². The van der Waals surface area contributed by atoms with Gasteiger partial charge in [0.1, 0.15) is 9.88 Å². The lowest BCUT2D eigenvalue weighted by molar-refractivity contribution is 0.0939. The zero-order valence-corrected chi connectivity index (χ0v) is 14.6. The summed E-state index contributed by atoms with van der Waals surface area (Å²) in [4.78, 5) is 17.5. The number of aliphatic hydroxyl groups excluding tert-OH is 1. The Bertz CT molecular complexity index is 591. The molecule has 2 atom stereocenters. The molecule has 21 heavy (non-hydrogen) atoms. The molecule has 0 aliphatic rings. The highest BCUT2D eigenvalue weighted by Gasteiger charge is 2.21. The van der Waals surface area contributed by atoms with E-state index in [2.05, 4.69) is 10.3 Å². The average Bonchev–Trinajstić information content (AvgIpc) is 3.08. The van der Waals surface area contributed by atoms with Crippen LogP contribution in [0, 0.1) is 6.92 Å². The van der Waals surface area contributed by atoms with E-state index in [0.717, 1.165) is 16.3 Å². The number of hydrogen-bond acceptors (Lipinski definition) is 6. The molecule has 2 unspecified atom stereocenters. The van der Waals surface area contributed by atoms with Crippen LogP contribution in [0.1, 0.15) is 22.3 Å². The van der Waals surface area contributed by atoms with Gasteiger partial charge in [-0.15, -0.1) is 11.3 Å². The number of nitrogens with one attached hydrogen (secondary N) is 1. The topological polar surface area (TPSA) is 62.2 Å². The van der Waals surface area contributed by atoms with Crippen molar-refractivity contribution in [2.45, 2.75) is 25.1 Å². The highest BCUT2D eigenvalue weighted by molar-refractivity contribution is 7.99. The molecular formula is C14H18N2O2S3. The summed E-state index contributed by atoms with van der Waals surface area (Å²) in [7, 11) is 0. The molecule has 114 valence electrons. The van der Waals surface area contributed by atoms with Gasteiger partial charge in [0, 0.05) is 22.2 Å². The largest absolute Gasteiger partial charge is 0.395 e.